The fourth-order valence-corrected chi connectivity index (χ4v) is 5.62. The van der Waals surface area contributed by atoms with Gasteiger partial charge in [-0.05, 0) is 50.2 Å². The van der Waals surface area contributed by atoms with Gasteiger partial charge < -0.3 is 10.0 Å². The highest BCUT2D eigenvalue weighted by atomic mass is 32.1. The number of piperidine rings is 1. The summed E-state index contributed by atoms with van der Waals surface area (Å²) >= 11 is 1.59. The van der Waals surface area contributed by atoms with Crippen LogP contribution in [0.4, 0.5) is 0 Å². The van der Waals surface area contributed by atoms with E-state index in [1.165, 1.54) is 24.1 Å². The number of carbonyl (C=O) groups is 1. The predicted molar refractivity (Wildman–Crippen MR) is 96.4 cm³/mol. The second kappa shape index (κ2) is 6.43. The number of rotatable bonds is 3. The first-order valence-corrected chi connectivity index (χ1v) is 10.1. The molecule has 3 fully saturated rings. The maximum atomic E-state index is 12.7. The average Bonchev–Trinajstić information content (AvgIpc) is 3.10. The number of likely N-dealkylation sites (tertiary alicyclic amines) is 2. The summed E-state index contributed by atoms with van der Waals surface area (Å²) in [6.07, 6.45) is 6.10. The summed E-state index contributed by atoms with van der Waals surface area (Å²) in [5.74, 6) is 0.580. The van der Waals surface area contributed by atoms with Crippen molar-refractivity contribution in [2.45, 2.75) is 45.1 Å². The smallest absolute Gasteiger partial charge is 0.263 e. The Hall–Kier alpha value is -0.910. The molecule has 3 heterocycles. The largest absolute Gasteiger partial charge is 0.396 e. The summed E-state index contributed by atoms with van der Waals surface area (Å²) in [4.78, 5) is 19.4. The number of aliphatic hydroxyl groups excluding tert-OH is 1. The molecule has 132 valence electrons. The number of amides is 1. The van der Waals surface area contributed by atoms with Crippen molar-refractivity contribution >= 4 is 17.2 Å². The summed E-state index contributed by atoms with van der Waals surface area (Å²) in [6, 6.07) is 4.74. The summed E-state index contributed by atoms with van der Waals surface area (Å²) in [5.41, 5.74) is 0.229. The van der Waals surface area contributed by atoms with Crippen molar-refractivity contribution in [2.75, 3.05) is 32.8 Å². The fourth-order valence-electron chi connectivity index (χ4n) is 4.78. The summed E-state index contributed by atoms with van der Waals surface area (Å²) < 4.78 is 0. The lowest BCUT2D eigenvalue weighted by atomic mass is 9.71. The van der Waals surface area contributed by atoms with Gasteiger partial charge in [-0.2, -0.15) is 0 Å². The van der Waals surface area contributed by atoms with Crippen LogP contribution in [-0.4, -0.2) is 59.6 Å². The fraction of sp³-hybridized carbons (Fsp3) is 0.737. The molecule has 4 rings (SSSR count). The Balaban J connectivity index is 1.41. The maximum absolute atomic E-state index is 12.7. The van der Waals surface area contributed by atoms with Crippen LogP contribution in [0.2, 0.25) is 0 Å². The van der Waals surface area contributed by atoms with Gasteiger partial charge in [-0.3, -0.25) is 9.69 Å². The Bertz CT molecular complexity index is 602. The van der Waals surface area contributed by atoms with Gasteiger partial charge in [0.1, 0.15) is 0 Å². The molecule has 1 aromatic rings. The third kappa shape index (κ3) is 2.80. The number of hydrogen-bond donors (Lipinski definition) is 1. The molecule has 2 saturated heterocycles. The molecule has 0 radical (unpaired) electrons. The molecule has 0 bridgehead atoms. The molecule has 0 aromatic carbocycles. The standard InChI is InChI=1S/C19H28N2O2S/c1-14-5-6-17(24-14)18(23)20-9-7-19(8-10-20)13-21(11-15(19)12-22)16-3-2-4-16/h5-6,15-16,22H,2-4,7-13H2,1H3. The minimum Gasteiger partial charge on any atom is -0.396 e. The van der Waals surface area contributed by atoms with Crippen LogP contribution in [0.25, 0.3) is 0 Å². The normalized spacial score (nSPS) is 27.6. The second-order valence-corrected chi connectivity index (χ2v) is 9.25. The highest BCUT2D eigenvalue weighted by molar-refractivity contribution is 7.13. The zero-order chi connectivity index (χ0) is 16.7. The number of nitrogens with zero attached hydrogens (tertiary/aromatic N) is 2. The highest BCUT2D eigenvalue weighted by Gasteiger charge is 2.49. The van der Waals surface area contributed by atoms with Crippen LogP contribution in [0.5, 0.6) is 0 Å². The number of aliphatic hydroxyl groups is 1. The SMILES string of the molecule is Cc1ccc(C(=O)N2CCC3(CC2)CN(C2CCC2)CC3CO)s1. The average molecular weight is 349 g/mol. The molecule has 5 heteroatoms. The van der Waals surface area contributed by atoms with Crippen molar-refractivity contribution in [2.24, 2.45) is 11.3 Å². The third-order valence-electron chi connectivity index (χ3n) is 6.65. The van der Waals surface area contributed by atoms with Gasteiger partial charge in [0.15, 0.2) is 0 Å². The summed E-state index contributed by atoms with van der Waals surface area (Å²) in [6.45, 7) is 6.20. The van der Waals surface area contributed by atoms with Gasteiger partial charge in [0, 0.05) is 49.6 Å². The molecule has 1 N–H and O–H groups in total. The Morgan fingerprint density at radius 3 is 2.62 bits per heavy atom. The minimum absolute atomic E-state index is 0.192. The lowest BCUT2D eigenvalue weighted by molar-refractivity contribution is 0.0388. The van der Waals surface area contributed by atoms with Crippen LogP contribution >= 0.6 is 11.3 Å². The molecule has 2 aliphatic heterocycles. The molecule has 1 unspecified atom stereocenters. The lowest BCUT2D eigenvalue weighted by Crippen LogP contribution is -2.47. The lowest BCUT2D eigenvalue weighted by Gasteiger charge is -2.43. The van der Waals surface area contributed by atoms with E-state index < -0.39 is 0 Å². The Morgan fingerprint density at radius 2 is 2.08 bits per heavy atom. The van der Waals surface area contributed by atoms with Crippen molar-refractivity contribution in [3.63, 3.8) is 0 Å². The summed E-state index contributed by atoms with van der Waals surface area (Å²) in [5, 5.41) is 9.92. The van der Waals surface area contributed by atoms with Crippen LogP contribution in [0.3, 0.4) is 0 Å². The molecule has 1 amide bonds. The second-order valence-electron chi connectivity index (χ2n) is 7.96. The monoisotopic (exact) mass is 348 g/mol. The van der Waals surface area contributed by atoms with E-state index in [0.717, 1.165) is 49.9 Å². The first kappa shape index (κ1) is 16.6. The first-order chi connectivity index (χ1) is 11.6. The predicted octanol–water partition coefficient (Wildman–Crippen LogP) is 2.76. The Labute approximate surface area is 148 Å². The van der Waals surface area contributed by atoms with Gasteiger partial charge in [0.2, 0.25) is 0 Å². The number of aryl methyl sites for hydroxylation is 1. The number of hydrogen-bond acceptors (Lipinski definition) is 4. The molecule has 1 aliphatic carbocycles. The zero-order valence-corrected chi connectivity index (χ0v) is 15.4. The van der Waals surface area contributed by atoms with E-state index in [9.17, 15) is 9.90 Å². The van der Waals surface area contributed by atoms with E-state index in [2.05, 4.69) is 4.90 Å². The quantitative estimate of drug-likeness (QED) is 0.913. The molecule has 4 nitrogen and oxygen atoms in total. The van der Waals surface area contributed by atoms with Crippen molar-refractivity contribution in [1.29, 1.82) is 0 Å². The van der Waals surface area contributed by atoms with Gasteiger partial charge in [-0.15, -0.1) is 11.3 Å². The Morgan fingerprint density at radius 1 is 1.33 bits per heavy atom. The molecule has 1 aromatic heterocycles. The van der Waals surface area contributed by atoms with E-state index in [-0.39, 0.29) is 11.3 Å². The zero-order valence-electron chi connectivity index (χ0n) is 14.5. The molecule has 3 aliphatic rings. The molecule has 1 atom stereocenters. The summed E-state index contributed by atoms with van der Waals surface area (Å²) in [7, 11) is 0. The first-order valence-electron chi connectivity index (χ1n) is 9.32. The van der Waals surface area contributed by atoms with E-state index >= 15 is 0 Å². The van der Waals surface area contributed by atoms with Crippen molar-refractivity contribution in [3.8, 4) is 0 Å². The van der Waals surface area contributed by atoms with Gasteiger partial charge in [0.25, 0.3) is 5.91 Å². The van der Waals surface area contributed by atoms with Gasteiger partial charge in [-0.25, -0.2) is 0 Å². The Kier molecular flexibility index (Phi) is 4.43. The third-order valence-corrected chi connectivity index (χ3v) is 7.64. The molecule has 24 heavy (non-hydrogen) atoms. The van der Waals surface area contributed by atoms with Crippen LogP contribution in [0.1, 0.15) is 46.7 Å². The van der Waals surface area contributed by atoms with E-state index in [1.807, 2.05) is 24.0 Å². The molecule has 1 spiro atoms. The topological polar surface area (TPSA) is 43.8 Å². The molecular weight excluding hydrogens is 320 g/mol. The van der Waals surface area contributed by atoms with Gasteiger partial charge in [0.05, 0.1) is 4.88 Å². The maximum Gasteiger partial charge on any atom is 0.263 e. The van der Waals surface area contributed by atoms with Crippen LogP contribution in [0.15, 0.2) is 12.1 Å². The van der Waals surface area contributed by atoms with Crippen LogP contribution < -0.4 is 0 Å². The van der Waals surface area contributed by atoms with Gasteiger partial charge >= 0.3 is 0 Å². The van der Waals surface area contributed by atoms with E-state index in [0.29, 0.717) is 12.5 Å². The molecule has 1 saturated carbocycles. The van der Waals surface area contributed by atoms with Crippen molar-refractivity contribution in [1.82, 2.24) is 9.80 Å². The van der Waals surface area contributed by atoms with Crippen molar-refractivity contribution in [3.05, 3.63) is 21.9 Å². The van der Waals surface area contributed by atoms with Crippen LogP contribution in [0, 0.1) is 18.3 Å². The van der Waals surface area contributed by atoms with Crippen molar-refractivity contribution < 1.29 is 9.90 Å². The molecular formula is C19H28N2O2S. The minimum atomic E-state index is 0.192. The number of carbonyl (C=O) groups excluding carboxylic acids is 1. The highest BCUT2D eigenvalue weighted by Crippen LogP contribution is 2.47. The van der Waals surface area contributed by atoms with Gasteiger partial charge in [-0.1, -0.05) is 6.42 Å². The van der Waals surface area contributed by atoms with Crippen LogP contribution in [-0.2, 0) is 0 Å². The van der Waals surface area contributed by atoms with E-state index in [4.69, 9.17) is 0 Å². The van der Waals surface area contributed by atoms with E-state index in [1.54, 1.807) is 11.3 Å². The number of thiophene rings is 1.